The molecule has 0 unspecified atom stereocenters. The molecule has 0 radical (unpaired) electrons. The maximum atomic E-state index is 11.3. The summed E-state index contributed by atoms with van der Waals surface area (Å²) in [5.74, 6) is -0.545. The van der Waals surface area contributed by atoms with Crippen molar-refractivity contribution in [2.24, 2.45) is 5.73 Å². The van der Waals surface area contributed by atoms with Gasteiger partial charge in [0.1, 0.15) is 6.54 Å². The molecule has 10 heteroatoms. The summed E-state index contributed by atoms with van der Waals surface area (Å²) in [5.41, 5.74) is 6.84. The molecule has 0 bridgehead atoms. The number of primary amides is 1. The van der Waals surface area contributed by atoms with E-state index in [0.29, 0.717) is 5.76 Å². The van der Waals surface area contributed by atoms with Crippen LogP contribution >= 0.6 is 0 Å². The Labute approximate surface area is 106 Å². The van der Waals surface area contributed by atoms with Crippen LogP contribution in [0.15, 0.2) is 22.8 Å². The molecule has 2 rings (SSSR count). The van der Waals surface area contributed by atoms with E-state index in [9.17, 15) is 9.59 Å². The van der Waals surface area contributed by atoms with Gasteiger partial charge >= 0.3 is 0 Å². The molecule has 0 saturated heterocycles. The minimum atomic E-state index is -0.695. The van der Waals surface area contributed by atoms with Crippen LogP contribution in [-0.4, -0.2) is 38.6 Å². The molecule has 0 saturated carbocycles. The Balaban J connectivity index is 1.86. The van der Waals surface area contributed by atoms with Crippen molar-refractivity contribution >= 4 is 11.8 Å². The van der Waals surface area contributed by atoms with Crippen molar-refractivity contribution in [1.82, 2.24) is 25.7 Å². The number of aromatic nitrogens is 4. The zero-order valence-corrected chi connectivity index (χ0v) is 9.65. The number of nitrogens with one attached hydrogen (secondary N) is 1. The Hall–Kier alpha value is -2.75. The summed E-state index contributed by atoms with van der Waals surface area (Å²) in [4.78, 5) is 27.3. The maximum absolute atomic E-state index is 11.3. The number of hydrogen-bond acceptors (Lipinski definition) is 7. The van der Waals surface area contributed by atoms with Gasteiger partial charge in [-0.25, -0.2) is 5.48 Å². The average molecular weight is 266 g/mol. The highest BCUT2D eigenvalue weighted by Crippen LogP contribution is 2.12. The third kappa shape index (κ3) is 3.61. The van der Waals surface area contributed by atoms with Crippen molar-refractivity contribution in [1.29, 1.82) is 0 Å². The van der Waals surface area contributed by atoms with Crippen LogP contribution in [0.2, 0.25) is 0 Å². The van der Waals surface area contributed by atoms with Crippen LogP contribution in [0.25, 0.3) is 11.6 Å². The standard InChI is InChI=1S/C9H10N6O4/c10-7(16)5-19-13-8(17)4-15-12-9(11-14-15)6-2-1-3-18-6/h1-3H,4-5H2,(H2,10,16)(H,13,17). The largest absolute Gasteiger partial charge is 0.461 e. The van der Waals surface area contributed by atoms with Crippen LogP contribution in [0.1, 0.15) is 0 Å². The van der Waals surface area contributed by atoms with Gasteiger partial charge in [0.05, 0.1) is 6.26 Å². The number of nitrogens with zero attached hydrogens (tertiary/aromatic N) is 4. The monoisotopic (exact) mass is 266 g/mol. The van der Waals surface area contributed by atoms with Gasteiger partial charge in [-0.3, -0.25) is 14.4 Å². The molecule has 0 aliphatic carbocycles. The van der Waals surface area contributed by atoms with Gasteiger partial charge in [-0.15, -0.1) is 10.2 Å². The summed E-state index contributed by atoms with van der Waals surface area (Å²) in [6.45, 7) is -0.624. The number of rotatable bonds is 6. The second-order valence-electron chi connectivity index (χ2n) is 3.40. The van der Waals surface area contributed by atoms with Crippen LogP contribution in [-0.2, 0) is 21.0 Å². The third-order valence-corrected chi connectivity index (χ3v) is 1.88. The topological polar surface area (TPSA) is 138 Å². The number of carbonyl (C=O) groups is 2. The van der Waals surface area contributed by atoms with Crippen LogP contribution in [0.3, 0.4) is 0 Å². The number of carbonyl (C=O) groups excluding carboxylic acids is 2. The van der Waals surface area contributed by atoms with Crippen LogP contribution in [0.4, 0.5) is 0 Å². The summed E-state index contributed by atoms with van der Waals surface area (Å²) < 4.78 is 5.07. The SMILES string of the molecule is NC(=O)CONC(=O)Cn1nnc(-c2ccco2)n1. The third-order valence-electron chi connectivity index (χ3n) is 1.88. The molecule has 19 heavy (non-hydrogen) atoms. The van der Waals surface area contributed by atoms with Gasteiger partial charge in [-0.05, 0) is 17.3 Å². The zero-order chi connectivity index (χ0) is 13.7. The van der Waals surface area contributed by atoms with E-state index < -0.39 is 18.4 Å². The number of hydrogen-bond donors (Lipinski definition) is 2. The highest BCUT2D eigenvalue weighted by molar-refractivity contribution is 5.76. The molecular weight excluding hydrogens is 256 g/mol. The molecule has 0 aliphatic heterocycles. The van der Waals surface area contributed by atoms with Gasteiger partial charge in [0.25, 0.3) is 5.91 Å². The summed E-state index contributed by atoms with van der Waals surface area (Å²) in [6, 6.07) is 3.35. The van der Waals surface area contributed by atoms with Crippen molar-refractivity contribution in [3.05, 3.63) is 18.4 Å². The first-order valence-electron chi connectivity index (χ1n) is 5.16. The van der Waals surface area contributed by atoms with E-state index in [0.717, 1.165) is 4.80 Å². The Bertz CT molecular complexity index is 563. The molecular formula is C9H10N6O4. The van der Waals surface area contributed by atoms with Gasteiger partial charge in [-0.2, -0.15) is 4.80 Å². The lowest BCUT2D eigenvalue weighted by atomic mass is 10.4. The lowest BCUT2D eigenvalue weighted by Gasteiger charge is -2.02. The highest BCUT2D eigenvalue weighted by Gasteiger charge is 2.11. The molecule has 0 atom stereocenters. The molecule has 2 aromatic heterocycles. The van der Waals surface area contributed by atoms with Crippen LogP contribution in [0, 0.1) is 0 Å². The molecule has 3 N–H and O–H groups in total. The summed E-state index contributed by atoms with van der Waals surface area (Å²) in [7, 11) is 0. The minimum Gasteiger partial charge on any atom is -0.461 e. The lowest BCUT2D eigenvalue weighted by Crippen LogP contribution is -2.32. The van der Waals surface area contributed by atoms with Crippen LogP contribution < -0.4 is 11.2 Å². The number of tetrazole rings is 1. The van der Waals surface area contributed by atoms with Gasteiger partial charge in [0, 0.05) is 0 Å². The molecule has 2 heterocycles. The summed E-state index contributed by atoms with van der Waals surface area (Å²) >= 11 is 0. The minimum absolute atomic E-state index is 0.216. The van der Waals surface area contributed by atoms with Crippen molar-refractivity contribution in [3.8, 4) is 11.6 Å². The van der Waals surface area contributed by atoms with Gasteiger partial charge in [0.2, 0.25) is 11.7 Å². The zero-order valence-electron chi connectivity index (χ0n) is 9.65. The van der Waals surface area contributed by atoms with Crippen molar-refractivity contribution < 1.29 is 18.8 Å². The smallest absolute Gasteiger partial charge is 0.267 e. The first kappa shape index (κ1) is 12.7. The number of hydroxylamine groups is 1. The Morgan fingerprint density at radius 3 is 3.05 bits per heavy atom. The summed E-state index contributed by atoms with van der Waals surface area (Å²) in [6.07, 6.45) is 1.47. The van der Waals surface area contributed by atoms with Gasteiger partial charge < -0.3 is 10.2 Å². The molecule has 2 amide bonds. The lowest BCUT2D eigenvalue weighted by molar-refractivity contribution is -0.138. The van der Waals surface area contributed by atoms with Crippen molar-refractivity contribution in [2.45, 2.75) is 6.54 Å². The second kappa shape index (κ2) is 5.73. The van der Waals surface area contributed by atoms with E-state index in [1.54, 1.807) is 12.1 Å². The molecule has 10 nitrogen and oxygen atoms in total. The van der Waals surface area contributed by atoms with Gasteiger partial charge in [-0.1, -0.05) is 0 Å². The van der Waals surface area contributed by atoms with Crippen LogP contribution in [0.5, 0.6) is 0 Å². The predicted octanol–water partition coefficient (Wildman–Crippen LogP) is -1.53. The predicted molar refractivity (Wildman–Crippen MR) is 58.8 cm³/mol. The van der Waals surface area contributed by atoms with E-state index in [1.165, 1.54) is 6.26 Å². The van der Waals surface area contributed by atoms with Crippen molar-refractivity contribution in [2.75, 3.05) is 6.61 Å². The molecule has 0 aromatic carbocycles. The molecule has 0 fully saturated rings. The van der Waals surface area contributed by atoms with E-state index >= 15 is 0 Å². The first-order chi connectivity index (χ1) is 9.15. The van der Waals surface area contributed by atoms with E-state index in [2.05, 4.69) is 20.2 Å². The number of amides is 2. The fraction of sp³-hybridized carbons (Fsp3) is 0.222. The second-order valence-corrected chi connectivity index (χ2v) is 3.40. The van der Waals surface area contributed by atoms with E-state index in [-0.39, 0.29) is 12.4 Å². The first-order valence-corrected chi connectivity index (χ1v) is 5.16. The quantitative estimate of drug-likeness (QED) is 0.604. The molecule has 0 spiro atoms. The molecule has 0 aliphatic rings. The summed E-state index contributed by atoms with van der Waals surface area (Å²) in [5, 5.41) is 11.3. The average Bonchev–Trinajstić information content (AvgIpc) is 2.97. The highest BCUT2D eigenvalue weighted by atomic mass is 16.7. The fourth-order valence-electron chi connectivity index (χ4n) is 1.16. The molecule has 2 aromatic rings. The van der Waals surface area contributed by atoms with Crippen molar-refractivity contribution in [3.63, 3.8) is 0 Å². The van der Waals surface area contributed by atoms with Gasteiger partial charge in [0.15, 0.2) is 12.4 Å². The number of furan rings is 1. The Kier molecular flexibility index (Phi) is 3.83. The Morgan fingerprint density at radius 1 is 1.53 bits per heavy atom. The number of nitrogens with two attached hydrogens (primary N) is 1. The fourth-order valence-corrected chi connectivity index (χ4v) is 1.16. The van der Waals surface area contributed by atoms with E-state index in [4.69, 9.17) is 10.2 Å². The Morgan fingerprint density at radius 2 is 2.37 bits per heavy atom. The maximum Gasteiger partial charge on any atom is 0.267 e. The normalized spacial score (nSPS) is 10.3. The molecule has 100 valence electrons. The van der Waals surface area contributed by atoms with E-state index in [1.807, 2.05) is 5.48 Å².